The minimum atomic E-state index is 0.0863. The molecule has 1 heterocycles. The lowest BCUT2D eigenvalue weighted by Crippen LogP contribution is -2.32. The number of carbonyl (C=O) groups excluding carboxylic acids is 1. The zero-order chi connectivity index (χ0) is 16.0. The van der Waals surface area contributed by atoms with Crippen LogP contribution in [-0.2, 0) is 4.79 Å². The summed E-state index contributed by atoms with van der Waals surface area (Å²) in [6.07, 6.45) is 0.964. The molecule has 0 N–H and O–H groups in total. The fourth-order valence-electron chi connectivity index (χ4n) is 4.22. The highest BCUT2D eigenvalue weighted by atomic mass is 32.2. The van der Waals surface area contributed by atoms with E-state index in [1.165, 1.54) is 16.0 Å². The van der Waals surface area contributed by atoms with Crippen LogP contribution in [-0.4, -0.2) is 30.2 Å². The predicted molar refractivity (Wildman–Crippen MR) is 94.8 cm³/mol. The van der Waals surface area contributed by atoms with Gasteiger partial charge in [0.15, 0.2) is 0 Å². The van der Waals surface area contributed by atoms with E-state index in [0.717, 1.165) is 6.42 Å². The Balaban J connectivity index is 1.76. The highest BCUT2D eigenvalue weighted by Crippen LogP contribution is 2.60. The highest BCUT2D eigenvalue weighted by molar-refractivity contribution is 8.00. The fourth-order valence-corrected chi connectivity index (χ4v) is 5.94. The van der Waals surface area contributed by atoms with Crippen molar-refractivity contribution in [3.05, 3.63) is 65.7 Å². The monoisotopic (exact) mass is 323 g/mol. The summed E-state index contributed by atoms with van der Waals surface area (Å²) >= 11 is 1.97. The Kier molecular flexibility index (Phi) is 3.68. The van der Waals surface area contributed by atoms with E-state index >= 15 is 0 Å². The Morgan fingerprint density at radius 2 is 1.74 bits per heavy atom. The summed E-state index contributed by atoms with van der Waals surface area (Å²) in [7, 11) is 3.75. The molecule has 0 saturated heterocycles. The van der Waals surface area contributed by atoms with Gasteiger partial charge in [0.05, 0.1) is 0 Å². The van der Waals surface area contributed by atoms with Crippen molar-refractivity contribution in [3.8, 4) is 0 Å². The molecule has 4 rings (SSSR count). The Morgan fingerprint density at radius 1 is 1.04 bits per heavy atom. The van der Waals surface area contributed by atoms with Crippen LogP contribution in [0.5, 0.6) is 0 Å². The SMILES string of the molecule is CN(C)C(=O)C1CC2c3ccccc3SC2C1c1ccccc1. The van der Waals surface area contributed by atoms with Gasteiger partial charge in [-0.15, -0.1) is 11.8 Å². The molecule has 2 aromatic carbocycles. The summed E-state index contributed by atoms with van der Waals surface area (Å²) < 4.78 is 0. The maximum atomic E-state index is 12.8. The molecule has 2 aromatic rings. The third-order valence-corrected chi connectivity index (χ3v) is 6.74. The molecule has 1 fully saturated rings. The Hall–Kier alpha value is -1.74. The van der Waals surface area contributed by atoms with Gasteiger partial charge in [0.25, 0.3) is 0 Å². The van der Waals surface area contributed by atoms with Gasteiger partial charge in [0.2, 0.25) is 5.91 Å². The van der Waals surface area contributed by atoms with Gasteiger partial charge in [0.1, 0.15) is 0 Å². The Labute approximate surface area is 141 Å². The number of carbonyl (C=O) groups is 1. The molecular formula is C20H21NOS. The minimum Gasteiger partial charge on any atom is -0.349 e. The van der Waals surface area contributed by atoms with E-state index in [2.05, 4.69) is 54.6 Å². The van der Waals surface area contributed by atoms with E-state index in [-0.39, 0.29) is 11.8 Å². The highest BCUT2D eigenvalue weighted by Gasteiger charge is 2.51. The lowest BCUT2D eigenvalue weighted by Gasteiger charge is -2.26. The van der Waals surface area contributed by atoms with E-state index in [0.29, 0.717) is 17.1 Å². The number of thioether (sulfide) groups is 1. The molecular weight excluding hydrogens is 302 g/mol. The molecule has 4 unspecified atom stereocenters. The maximum absolute atomic E-state index is 12.8. The largest absolute Gasteiger partial charge is 0.349 e. The zero-order valence-corrected chi connectivity index (χ0v) is 14.3. The normalized spacial score (nSPS) is 28.3. The van der Waals surface area contributed by atoms with Crippen molar-refractivity contribution in [2.24, 2.45) is 5.92 Å². The third kappa shape index (κ3) is 2.38. The van der Waals surface area contributed by atoms with Gasteiger partial charge in [-0.3, -0.25) is 4.79 Å². The first-order chi connectivity index (χ1) is 11.2. The summed E-state index contributed by atoms with van der Waals surface area (Å²) in [6, 6.07) is 19.3. The molecule has 1 saturated carbocycles. The van der Waals surface area contributed by atoms with Crippen LogP contribution in [0.1, 0.15) is 29.4 Å². The first-order valence-electron chi connectivity index (χ1n) is 8.18. The number of nitrogens with zero attached hydrogens (tertiary/aromatic N) is 1. The molecule has 23 heavy (non-hydrogen) atoms. The zero-order valence-electron chi connectivity index (χ0n) is 13.5. The van der Waals surface area contributed by atoms with Gasteiger partial charge in [0, 0.05) is 36.1 Å². The van der Waals surface area contributed by atoms with Crippen LogP contribution in [0, 0.1) is 5.92 Å². The second-order valence-corrected chi connectivity index (χ2v) is 7.96. The van der Waals surface area contributed by atoms with Crippen LogP contribution < -0.4 is 0 Å². The molecule has 4 atom stereocenters. The second kappa shape index (κ2) is 5.72. The van der Waals surface area contributed by atoms with Crippen molar-refractivity contribution in [2.45, 2.75) is 28.4 Å². The summed E-state index contributed by atoms with van der Waals surface area (Å²) in [5.41, 5.74) is 2.75. The van der Waals surface area contributed by atoms with Crippen molar-refractivity contribution >= 4 is 17.7 Å². The third-order valence-electron chi connectivity index (χ3n) is 5.22. The molecule has 1 aliphatic carbocycles. The summed E-state index contributed by atoms with van der Waals surface area (Å²) in [6.45, 7) is 0. The topological polar surface area (TPSA) is 20.3 Å². The number of fused-ring (bicyclic) bond motifs is 3. The first kappa shape index (κ1) is 14.8. The molecule has 1 amide bonds. The molecule has 118 valence electrons. The van der Waals surface area contributed by atoms with Crippen molar-refractivity contribution in [3.63, 3.8) is 0 Å². The molecule has 0 radical (unpaired) electrons. The van der Waals surface area contributed by atoms with E-state index in [9.17, 15) is 4.79 Å². The molecule has 0 bridgehead atoms. The average Bonchev–Trinajstić information content (AvgIpc) is 3.10. The van der Waals surface area contributed by atoms with Crippen molar-refractivity contribution in [1.29, 1.82) is 0 Å². The molecule has 0 aromatic heterocycles. The molecule has 2 aliphatic rings. The second-order valence-electron chi connectivity index (χ2n) is 6.74. The van der Waals surface area contributed by atoms with Crippen molar-refractivity contribution in [2.75, 3.05) is 14.1 Å². The average molecular weight is 323 g/mol. The number of rotatable bonds is 2. The summed E-state index contributed by atoms with van der Waals surface area (Å²) in [5, 5.41) is 0.476. The van der Waals surface area contributed by atoms with Crippen LogP contribution in [0.25, 0.3) is 0 Å². The standard InChI is InChI=1S/C20H21NOS/c1-21(2)20(22)16-12-15-14-10-6-7-11-17(14)23-19(15)18(16)13-8-4-3-5-9-13/h3-11,15-16,18-19H,12H2,1-2H3. The number of benzene rings is 2. The maximum Gasteiger partial charge on any atom is 0.225 e. The lowest BCUT2D eigenvalue weighted by molar-refractivity contribution is -0.133. The van der Waals surface area contributed by atoms with E-state index < -0.39 is 0 Å². The van der Waals surface area contributed by atoms with Crippen LogP contribution in [0.3, 0.4) is 0 Å². The molecule has 3 heteroatoms. The van der Waals surface area contributed by atoms with Gasteiger partial charge in [-0.25, -0.2) is 0 Å². The fraction of sp³-hybridized carbons (Fsp3) is 0.350. The van der Waals surface area contributed by atoms with Gasteiger partial charge in [-0.1, -0.05) is 48.5 Å². The first-order valence-corrected chi connectivity index (χ1v) is 9.06. The number of amides is 1. The smallest absolute Gasteiger partial charge is 0.225 e. The molecule has 1 aliphatic heterocycles. The Morgan fingerprint density at radius 3 is 2.48 bits per heavy atom. The van der Waals surface area contributed by atoms with Crippen LogP contribution in [0.2, 0.25) is 0 Å². The van der Waals surface area contributed by atoms with Crippen LogP contribution in [0.4, 0.5) is 0 Å². The van der Waals surface area contributed by atoms with Crippen LogP contribution >= 0.6 is 11.8 Å². The van der Waals surface area contributed by atoms with Gasteiger partial charge in [-0.2, -0.15) is 0 Å². The van der Waals surface area contributed by atoms with Gasteiger partial charge in [-0.05, 0) is 29.5 Å². The minimum absolute atomic E-state index is 0.0863. The van der Waals surface area contributed by atoms with Crippen molar-refractivity contribution < 1.29 is 4.79 Å². The lowest BCUT2D eigenvalue weighted by atomic mass is 9.87. The van der Waals surface area contributed by atoms with Crippen molar-refractivity contribution in [1.82, 2.24) is 4.90 Å². The Bertz CT molecular complexity index is 727. The number of hydrogen-bond acceptors (Lipinski definition) is 2. The summed E-state index contributed by atoms with van der Waals surface area (Å²) in [4.78, 5) is 16.0. The van der Waals surface area contributed by atoms with Gasteiger partial charge >= 0.3 is 0 Å². The van der Waals surface area contributed by atoms with Gasteiger partial charge < -0.3 is 4.90 Å². The molecule has 0 spiro atoms. The predicted octanol–water partition coefficient (Wildman–Crippen LogP) is 4.14. The number of hydrogen-bond donors (Lipinski definition) is 0. The van der Waals surface area contributed by atoms with Crippen LogP contribution in [0.15, 0.2) is 59.5 Å². The quantitative estimate of drug-likeness (QED) is 0.828. The molecule has 2 nitrogen and oxygen atoms in total. The van der Waals surface area contributed by atoms with E-state index in [4.69, 9.17) is 0 Å². The van der Waals surface area contributed by atoms with E-state index in [1.54, 1.807) is 4.90 Å². The summed E-state index contributed by atoms with van der Waals surface area (Å²) in [5.74, 6) is 1.15. The van der Waals surface area contributed by atoms with E-state index in [1.807, 2.05) is 25.9 Å².